The first-order valence-corrected chi connectivity index (χ1v) is 9.87. The maximum absolute atomic E-state index is 12.3. The van der Waals surface area contributed by atoms with Crippen LogP contribution >= 0.6 is 15.9 Å². The van der Waals surface area contributed by atoms with Gasteiger partial charge in [-0.2, -0.15) is 0 Å². The Morgan fingerprint density at radius 1 is 0.897 bits per heavy atom. The van der Waals surface area contributed by atoms with Gasteiger partial charge in [0.15, 0.2) is 6.61 Å². The van der Waals surface area contributed by atoms with Crippen LogP contribution in [0.5, 0.6) is 5.75 Å². The quantitative estimate of drug-likeness (QED) is 0.530. The normalized spacial score (nSPS) is 10.3. The third kappa shape index (κ3) is 5.93. The van der Waals surface area contributed by atoms with Gasteiger partial charge in [-0.3, -0.25) is 9.59 Å². The van der Waals surface area contributed by atoms with E-state index in [-0.39, 0.29) is 18.4 Å². The third-order valence-electron chi connectivity index (χ3n) is 4.21. The van der Waals surface area contributed by atoms with E-state index < -0.39 is 0 Å². The number of benzene rings is 3. The second kappa shape index (κ2) is 9.39. The average molecular weight is 453 g/mol. The van der Waals surface area contributed by atoms with Crippen LogP contribution in [0.4, 0.5) is 11.4 Å². The number of ether oxygens (including phenoxy) is 1. The molecule has 0 saturated carbocycles. The first-order chi connectivity index (χ1) is 13.9. The number of hydrogen-bond acceptors (Lipinski definition) is 3. The van der Waals surface area contributed by atoms with Crippen molar-refractivity contribution in [1.82, 2.24) is 0 Å². The monoisotopic (exact) mass is 452 g/mol. The molecule has 0 unspecified atom stereocenters. The van der Waals surface area contributed by atoms with Crippen LogP contribution in [0.3, 0.4) is 0 Å². The van der Waals surface area contributed by atoms with Crippen molar-refractivity contribution in [1.29, 1.82) is 0 Å². The zero-order chi connectivity index (χ0) is 20.8. The molecule has 0 saturated heterocycles. The lowest BCUT2D eigenvalue weighted by Gasteiger charge is -2.10. The maximum Gasteiger partial charge on any atom is 0.262 e. The van der Waals surface area contributed by atoms with E-state index >= 15 is 0 Å². The van der Waals surface area contributed by atoms with Crippen molar-refractivity contribution in [2.75, 3.05) is 17.2 Å². The van der Waals surface area contributed by atoms with E-state index in [2.05, 4.69) is 26.6 Å². The van der Waals surface area contributed by atoms with Gasteiger partial charge in [-0.25, -0.2) is 0 Å². The van der Waals surface area contributed by atoms with Crippen molar-refractivity contribution >= 4 is 39.1 Å². The lowest BCUT2D eigenvalue weighted by atomic mass is 10.1. The zero-order valence-corrected chi connectivity index (χ0v) is 17.7. The highest BCUT2D eigenvalue weighted by Crippen LogP contribution is 2.21. The predicted molar refractivity (Wildman–Crippen MR) is 119 cm³/mol. The van der Waals surface area contributed by atoms with Crippen molar-refractivity contribution in [3.05, 3.63) is 87.9 Å². The predicted octanol–water partition coefficient (Wildman–Crippen LogP) is 5.34. The van der Waals surface area contributed by atoms with Crippen LogP contribution in [-0.2, 0) is 4.79 Å². The highest BCUT2D eigenvalue weighted by atomic mass is 79.9. The molecule has 0 aliphatic carbocycles. The Kier molecular flexibility index (Phi) is 6.67. The Hall–Kier alpha value is -3.12. The van der Waals surface area contributed by atoms with E-state index in [1.165, 1.54) is 0 Å². The van der Waals surface area contributed by atoms with Crippen LogP contribution in [0.25, 0.3) is 0 Å². The molecule has 0 aliphatic heterocycles. The third-order valence-corrected chi connectivity index (χ3v) is 5.10. The van der Waals surface area contributed by atoms with Crippen molar-refractivity contribution < 1.29 is 14.3 Å². The number of nitrogens with one attached hydrogen (secondary N) is 2. The molecule has 3 aromatic rings. The minimum absolute atomic E-state index is 0.0904. The molecule has 0 heterocycles. The summed E-state index contributed by atoms with van der Waals surface area (Å²) in [4.78, 5) is 24.4. The van der Waals surface area contributed by atoms with Gasteiger partial charge in [-0.05, 0) is 74.0 Å². The van der Waals surface area contributed by atoms with Crippen LogP contribution in [0, 0.1) is 13.8 Å². The average Bonchev–Trinajstić information content (AvgIpc) is 2.70. The van der Waals surface area contributed by atoms with Crippen LogP contribution in [0.2, 0.25) is 0 Å². The Balaban J connectivity index is 1.52. The number of hydrogen-bond donors (Lipinski definition) is 2. The molecular formula is C23H21BrN2O3. The van der Waals surface area contributed by atoms with Gasteiger partial charge in [0.25, 0.3) is 11.8 Å². The van der Waals surface area contributed by atoms with Crippen molar-refractivity contribution in [3.8, 4) is 5.75 Å². The van der Waals surface area contributed by atoms with Gasteiger partial charge in [-0.1, -0.05) is 33.6 Å². The summed E-state index contributed by atoms with van der Waals surface area (Å²) in [5.41, 5.74) is 3.93. The SMILES string of the molecule is Cc1cccc(C(=O)Nc2ccc(NC(=O)COc3ccc(Br)c(C)c3)cc2)c1. The van der Waals surface area contributed by atoms with Crippen LogP contribution in [0.15, 0.2) is 71.2 Å². The maximum atomic E-state index is 12.3. The molecule has 0 spiro atoms. The van der Waals surface area contributed by atoms with Crippen molar-refractivity contribution in [2.45, 2.75) is 13.8 Å². The summed E-state index contributed by atoms with van der Waals surface area (Å²) in [6, 6.07) is 19.9. The fourth-order valence-electron chi connectivity index (χ4n) is 2.68. The summed E-state index contributed by atoms with van der Waals surface area (Å²) < 4.78 is 6.51. The van der Waals surface area contributed by atoms with E-state index in [0.717, 1.165) is 15.6 Å². The molecule has 0 radical (unpaired) electrons. The minimum Gasteiger partial charge on any atom is -0.484 e. The van der Waals surface area contributed by atoms with E-state index in [1.807, 2.05) is 44.2 Å². The fraction of sp³-hybridized carbons (Fsp3) is 0.130. The number of carbonyl (C=O) groups is 2. The standard InChI is InChI=1S/C23H21BrN2O3/c1-15-4-3-5-17(12-15)23(28)26-19-8-6-18(7-9-19)25-22(27)14-29-20-10-11-21(24)16(2)13-20/h3-13H,14H2,1-2H3,(H,25,27)(H,26,28). The number of anilines is 2. The first kappa shape index (κ1) is 20.6. The lowest BCUT2D eigenvalue weighted by Crippen LogP contribution is -2.20. The first-order valence-electron chi connectivity index (χ1n) is 9.07. The largest absolute Gasteiger partial charge is 0.484 e. The smallest absolute Gasteiger partial charge is 0.262 e. The second-order valence-electron chi connectivity index (χ2n) is 6.65. The topological polar surface area (TPSA) is 67.4 Å². The summed E-state index contributed by atoms with van der Waals surface area (Å²) in [6.07, 6.45) is 0. The summed E-state index contributed by atoms with van der Waals surface area (Å²) in [6.45, 7) is 3.80. The molecular weight excluding hydrogens is 432 g/mol. The molecule has 0 atom stereocenters. The summed E-state index contributed by atoms with van der Waals surface area (Å²) >= 11 is 3.43. The molecule has 0 aliphatic rings. The molecule has 5 nitrogen and oxygen atoms in total. The lowest BCUT2D eigenvalue weighted by molar-refractivity contribution is -0.118. The number of carbonyl (C=O) groups excluding carboxylic acids is 2. The fourth-order valence-corrected chi connectivity index (χ4v) is 2.93. The molecule has 148 valence electrons. The highest BCUT2D eigenvalue weighted by Gasteiger charge is 2.08. The molecule has 0 fully saturated rings. The van der Waals surface area contributed by atoms with Crippen molar-refractivity contribution in [3.63, 3.8) is 0 Å². The van der Waals surface area contributed by atoms with Gasteiger partial charge < -0.3 is 15.4 Å². The summed E-state index contributed by atoms with van der Waals surface area (Å²) in [5, 5.41) is 5.61. The van der Waals surface area contributed by atoms with Crippen LogP contribution in [-0.4, -0.2) is 18.4 Å². The van der Waals surface area contributed by atoms with Crippen LogP contribution < -0.4 is 15.4 Å². The molecule has 2 N–H and O–H groups in total. The number of amides is 2. The van der Waals surface area contributed by atoms with E-state index in [9.17, 15) is 9.59 Å². The van der Waals surface area contributed by atoms with E-state index in [4.69, 9.17) is 4.74 Å². The summed E-state index contributed by atoms with van der Waals surface area (Å²) in [7, 11) is 0. The Morgan fingerprint density at radius 3 is 2.24 bits per heavy atom. The van der Waals surface area contributed by atoms with Gasteiger partial charge in [0.05, 0.1) is 0 Å². The van der Waals surface area contributed by atoms with Gasteiger partial charge in [0.1, 0.15) is 5.75 Å². The van der Waals surface area contributed by atoms with E-state index in [0.29, 0.717) is 22.7 Å². The second-order valence-corrected chi connectivity index (χ2v) is 7.50. The van der Waals surface area contributed by atoms with Crippen molar-refractivity contribution in [2.24, 2.45) is 0 Å². The van der Waals surface area contributed by atoms with Gasteiger partial charge in [-0.15, -0.1) is 0 Å². The van der Waals surface area contributed by atoms with Crippen LogP contribution in [0.1, 0.15) is 21.5 Å². The highest BCUT2D eigenvalue weighted by molar-refractivity contribution is 9.10. The van der Waals surface area contributed by atoms with Gasteiger partial charge >= 0.3 is 0 Å². The Bertz CT molecular complexity index is 1030. The molecule has 3 aromatic carbocycles. The summed E-state index contributed by atoms with van der Waals surface area (Å²) in [5.74, 6) is 0.195. The zero-order valence-electron chi connectivity index (χ0n) is 16.2. The number of aryl methyl sites for hydroxylation is 2. The number of rotatable bonds is 6. The van der Waals surface area contributed by atoms with Gasteiger partial charge in [0.2, 0.25) is 0 Å². The molecule has 29 heavy (non-hydrogen) atoms. The molecule has 2 amide bonds. The number of halogens is 1. The van der Waals surface area contributed by atoms with E-state index in [1.54, 1.807) is 36.4 Å². The Morgan fingerprint density at radius 2 is 1.59 bits per heavy atom. The molecule has 0 aromatic heterocycles. The molecule has 0 bridgehead atoms. The van der Waals surface area contributed by atoms with Gasteiger partial charge in [0, 0.05) is 21.4 Å². The molecule has 3 rings (SSSR count). The molecule has 6 heteroatoms. The Labute approximate surface area is 178 Å². The minimum atomic E-state index is -0.262.